The first-order valence-electron chi connectivity index (χ1n) is 8.17. The Labute approximate surface area is 151 Å². The van der Waals surface area contributed by atoms with Crippen LogP contribution in [0.3, 0.4) is 0 Å². The molecule has 0 fully saturated rings. The van der Waals surface area contributed by atoms with Crippen molar-refractivity contribution in [3.63, 3.8) is 0 Å². The lowest BCUT2D eigenvalue weighted by Gasteiger charge is -2.19. The van der Waals surface area contributed by atoms with Gasteiger partial charge in [-0.2, -0.15) is 5.10 Å². The van der Waals surface area contributed by atoms with Crippen molar-refractivity contribution in [3.8, 4) is 0 Å². The molecule has 0 bridgehead atoms. The fraction of sp³-hybridized carbons (Fsp3) is 0.316. The van der Waals surface area contributed by atoms with Crippen LogP contribution in [0.15, 0.2) is 42.0 Å². The topological polar surface area (TPSA) is 59.8 Å². The molecule has 3 aromatic rings. The number of carbonyl (C=O) groups is 1. The highest BCUT2D eigenvalue weighted by atomic mass is 32.1. The van der Waals surface area contributed by atoms with Gasteiger partial charge in [0.1, 0.15) is 10.7 Å². The normalized spacial score (nSPS) is 11.5. The minimum absolute atomic E-state index is 0.135. The maximum absolute atomic E-state index is 12.4. The van der Waals surface area contributed by atoms with Gasteiger partial charge in [0, 0.05) is 6.07 Å². The van der Waals surface area contributed by atoms with Crippen molar-refractivity contribution in [1.29, 1.82) is 0 Å². The number of amides is 1. The Bertz CT molecular complexity index is 871. The van der Waals surface area contributed by atoms with Crippen LogP contribution in [-0.4, -0.2) is 20.7 Å². The molecule has 25 heavy (non-hydrogen) atoms. The molecule has 5 nitrogen and oxygen atoms in total. The van der Waals surface area contributed by atoms with E-state index in [0.717, 1.165) is 11.3 Å². The van der Waals surface area contributed by atoms with Crippen LogP contribution in [0.4, 0.5) is 5.82 Å². The quantitative estimate of drug-likeness (QED) is 0.762. The number of nitrogens with one attached hydrogen (secondary N) is 1. The number of rotatable bonds is 4. The molecule has 0 saturated heterocycles. The van der Waals surface area contributed by atoms with Gasteiger partial charge in [0.15, 0.2) is 0 Å². The third-order valence-electron chi connectivity index (χ3n) is 4.06. The molecular formula is C19H22N4OS. The van der Waals surface area contributed by atoms with Crippen molar-refractivity contribution in [2.24, 2.45) is 0 Å². The highest BCUT2D eigenvalue weighted by molar-refractivity contribution is 7.12. The molecule has 6 heteroatoms. The van der Waals surface area contributed by atoms with E-state index >= 15 is 0 Å². The Hall–Kier alpha value is -2.47. The highest BCUT2D eigenvalue weighted by Crippen LogP contribution is 2.23. The number of hydrogen-bond acceptors (Lipinski definition) is 4. The molecule has 0 atom stereocenters. The summed E-state index contributed by atoms with van der Waals surface area (Å²) in [5, 5.41) is 7.25. The number of hydrogen-bond donors (Lipinski definition) is 1. The molecule has 2 heterocycles. The Kier molecular flexibility index (Phi) is 4.72. The van der Waals surface area contributed by atoms with Crippen molar-refractivity contribution in [1.82, 2.24) is 14.8 Å². The summed E-state index contributed by atoms with van der Waals surface area (Å²) >= 11 is 1.34. The number of aryl methyl sites for hydroxylation is 1. The lowest BCUT2D eigenvalue weighted by atomic mass is 9.87. The first kappa shape index (κ1) is 17.4. The summed E-state index contributed by atoms with van der Waals surface area (Å²) in [6.45, 7) is 9.04. The van der Waals surface area contributed by atoms with Gasteiger partial charge in [-0.15, -0.1) is 11.3 Å². The van der Waals surface area contributed by atoms with Crippen LogP contribution in [0.25, 0.3) is 0 Å². The van der Waals surface area contributed by atoms with E-state index in [-0.39, 0.29) is 11.3 Å². The van der Waals surface area contributed by atoms with E-state index in [1.54, 1.807) is 22.5 Å². The van der Waals surface area contributed by atoms with Gasteiger partial charge in [-0.05, 0) is 23.5 Å². The molecular weight excluding hydrogens is 332 g/mol. The average molecular weight is 354 g/mol. The largest absolute Gasteiger partial charge is 0.306 e. The Balaban J connectivity index is 1.74. The SMILES string of the molecule is Cc1ncsc1C(=O)Nc1ccnn1Cc1ccc(C(C)(C)C)cc1. The maximum atomic E-state index is 12.4. The van der Waals surface area contributed by atoms with Crippen LogP contribution in [0.2, 0.25) is 0 Å². The van der Waals surface area contributed by atoms with Crippen molar-refractivity contribution in [2.45, 2.75) is 39.7 Å². The number of carbonyl (C=O) groups excluding carboxylic acids is 1. The number of benzene rings is 1. The lowest BCUT2D eigenvalue weighted by Crippen LogP contribution is -2.16. The molecule has 0 saturated carbocycles. The lowest BCUT2D eigenvalue weighted by molar-refractivity contribution is 0.102. The summed E-state index contributed by atoms with van der Waals surface area (Å²) in [7, 11) is 0. The van der Waals surface area contributed by atoms with E-state index in [2.05, 4.69) is 60.4 Å². The molecule has 1 N–H and O–H groups in total. The minimum Gasteiger partial charge on any atom is -0.306 e. The Morgan fingerprint density at radius 2 is 1.92 bits per heavy atom. The molecule has 1 aromatic carbocycles. The molecule has 1 amide bonds. The van der Waals surface area contributed by atoms with Crippen LogP contribution < -0.4 is 5.32 Å². The third-order valence-corrected chi connectivity index (χ3v) is 4.99. The molecule has 0 aliphatic heterocycles. The Morgan fingerprint density at radius 1 is 1.20 bits per heavy atom. The van der Waals surface area contributed by atoms with Crippen LogP contribution in [0, 0.1) is 6.92 Å². The standard InChI is InChI=1S/C19H22N4OS/c1-13-17(25-12-20-13)18(24)22-16-9-10-21-23(16)11-14-5-7-15(8-6-14)19(2,3)4/h5-10,12H,11H2,1-4H3,(H,22,24). The fourth-order valence-corrected chi connectivity index (χ4v) is 3.24. The van der Waals surface area contributed by atoms with E-state index in [0.29, 0.717) is 17.2 Å². The van der Waals surface area contributed by atoms with Gasteiger partial charge in [-0.3, -0.25) is 4.79 Å². The van der Waals surface area contributed by atoms with E-state index in [9.17, 15) is 4.79 Å². The molecule has 130 valence electrons. The average Bonchev–Trinajstić information content (AvgIpc) is 3.16. The van der Waals surface area contributed by atoms with Gasteiger partial charge in [-0.25, -0.2) is 9.67 Å². The summed E-state index contributed by atoms with van der Waals surface area (Å²) < 4.78 is 1.79. The minimum atomic E-state index is -0.148. The summed E-state index contributed by atoms with van der Waals surface area (Å²) in [6, 6.07) is 10.3. The first-order valence-corrected chi connectivity index (χ1v) is 9.05. The predicted molar refractivity (Wildman–Crippen MR) is 101 cm³/mol. The third kappa shape index (κ3) is 3.96. The highest BCUT2D eigenvalue weighted by Gasteiger charge is 2.15. The van der Waals surface area contributed by atoms with Crippen LogP contribution in [-0.2, 0) is 12.0 Å². The van der Waals surface area contributed by atoms with Crippen molar-refractivity contribution in [2.75, 3.05) is 5.32 Å². The van der Waals surface area contributed by atoms with Gasteiger partial charge >= 0.3 is 0 Å². The second kappa shape index (κ2) is 6.80. The van der Waals surface area contributed by atoms with E-state index in [4.69, 9.17) is 0 Å². The molecule has 3 rings (SSSR count). The second-order valence-electron chi connectivity index (χ2n) is 7.04. The van der Waals surface area contributed by atoms with Crippen molar-refractivity contribution >= 4 is 23.1 Å². The van der Waals surface area contributed by atoms with Gasteiger partial charge in [0.05, 0.1) is 23.9 Å². The number of nitrogens with zero attached hydrogens (tertiary/aromatic N) is 3. The zero-order valence-corrected chi connectivity index (χ0v) is 15.7. The zero-order valence-electron chi connectivity index (χ0n) is 14.9. The Morgan fingerprint density at radius 3 is 2.52 bits per heavy atom. The van der Waals surface area contributed by atoms with E-state index in [1.165, 1.54) is 16.9 Å². The van der Waals surface area contributed by atoms with Gasteiger partial charge in [0.25, 0.3) is 5.91 Å². The molecule has 0 spiro atoms. The summed E-state index contributed by atoms with van der Waals surface area (Å²) in [5.74, 6) is 0.530. The van der Waals surface area contributed by atoms with Crippen LogP contribution in [0.1, 0.15) is 47.3 Å². The van der Waals surface area contributed by atoms with Gasteiger partial charge in [0.2, 0.25) is 0 Å². The summed E-state index contributed by atoms with van der Waals surface area (Å²) in [6.07, 6.45) is 1.69. The summed E-state index contributed by atoms with van der Waals surface area (Å²) in [5.41, 5.74) is 4.99. The first-order chi connectivity index (χ1) is 11.8. The van der Waals surface area contributed by atoms with E-state index < -0.39 is 0 Å². The zero-order chi connectivity index (χ0) is 18.0. The second-order valence-corrected chi connectivity index (χ2v) is 7.90. The monoisotopic (exact) mass is 354 g/mol. The van der Waals surface area contributed by atoms with Gasteiger partial charge < -0.3 is 5.32 Å². The van der Waals surface area contributed by atoms with Crippen molar-refractivity contribution < 1.29 is 4.79 Å². The van der Waals surface area contributed by atoms with Crippen LogP contribution in [0.5, 0.6) is 0 Å². The van der Waals surface area contributed by atoms with Gasteiger partial charge in [-0.1, -0.05) is 45.0 Å². The fourth-order valence-electron chi connectivity index (χ4n) is 2.54. The summed E-state index contributed by atoms with van der Waals surface area (Å²) in [4.78, 5) is 17.1. The maximum Gasteiger partial charge on any atom is 0.268 e. The predicted octanol–water partition coefficient (Wildman–Crippen LogP) is 4.25. The van der Waals surface area contributed by atoms with Crippen molar-refractivity contribution in [3.05, 3.63) is 63.7 Å². The molecule has 0 unspecified atom stereocenters. The smallest absolute Gasteiger partial charge is 0.268 e. The molecule has 2 aromatic heterocycles. The number of anilines is 1. The van der Waals surface area contributed by atoms with Crippen LogP contribution >= 0.6 is 11.3 Å². The molecule has 0 aliphatic rings. The number of aromatic nitrogens is 3. The molecule has 0 radical (unpaired) electrons. The number of thiazole rings is 1. The van der Waals surface area contributed by atoms with E-state index in [1.807, 2.05) is 6.92 Å². The molecule has 0 aliphatic carbocycles.